The highest BCUT2D eigenvalue weighted by molar-refractivity contribution is 6.30. The zero-order valence-corrected chi connectivity index (χ0v) is 10.2. The van der Waals surface area contributed by atoms with Gasteiger partial charge < -0.3 is 0 Å². The van der Waals surface area contributed by atoms with E-state index >= 15 is 0 Å². The van der Waals surface area contributed by atoms with E-state index in [1.165, 1.54) is 0 Å². The fourth-order valence-electron chi connectivity index (χ4n) is 2.18. The Morgan fingerprint density at radius 2 is 1.94 bits per heavy atom. The molecule has 1 aliphatic heterocycles. The lowest BCUT2D eigenvalue weighted by molar-refractivity contribution is 0.0218. The highest BCUT2D eigenvalue weighted by Crippen LogP contribution is 2.36. The highest BCUT2D eigenvalue weighted by Gasteiger charge is 2.43. The predicted molar refractivity (Wildman–Crippen MR) is 63.8 cm³/mol. The first-order valence-corrected chi connectivity index (χ1v) is 5.60. The Bertz CT molecular complexity index is 423. The van der Waals surface area contributed by atoms with Gasteiger partial charge in [-0.05, 0) is 24.1 Å². The van der Waals surface area contributed by atoms with Crippen LogP contribution in [0.4, 0.5) is 0 Å². The maximum Gasteiger partial charge on any atom is 0.148 e. The van der Waals surface area contributed by atoms with Gasteiger partial charge in [0.15, 0.2) is 0 Å². The number of nitrogens with zero attached hydrogens (tertiary/aromatic N) is 3. The fourth-order valence-corrected chi connectivity index (χ4v) is 2.30. The number of nitriles is 1. The molecule has 84 valence electrons. The second kappa shape index (κ2) is 4.06. The minimum absolute atomic E-state index is 0.542. The molecule has 4 heteroatoms. The normalized spacial score (nSPS) is 26.9. The second-order valence-electron chi connectivity index (χ2n) is 4.13. The molecule has 0 radical (unpaired) electrons. The van der Waals surface area contributed by atoms with Crippen LogP contribution in [0, 0.1) is 11.3 Å². The summed E-state index contributed by atoms with van der Waals surface area (Å²) in [4.78, 5) is 0. The van der Waals surface area contributed by atoms with Crippen LogP contribution in [0.3, 0.4) is 0 Å². The van der Waals surface area contributed by atoms with Gasteiger partial charge in [0.1, 0.15) is 5.54 Å². The third-order valence-electron chi connectivity index (χ3n) is 3.37. The van der Waals surface area contributed by atoms with E-state index in [-0.39, 0.29) is 0 Å². The molecule has 1 atom stereocenters. The van der Waals surface area contributed by atoms with Crippen LogP contribution in [0.1, 0.15) is 12.0 Å². The van der Waals surface area contributed by atoms with E-state index in [9.17, 15) is 5.26 Å². The summed E-state index contributed by atoms with van der Waals surface area (Å²) in [7, 11) is 3.94. The Labute approximate surface area is 101 Å². The van der Waals surface area contributed by atoms with Crippen molar-refractivity contribution >= 4 is 11.6 Å². The highest BCUT2D eigenvalue weighted by atomic mass is 35.5. The van der Waals surface area contributed by atoms with Gasteiger partial charge in [0.05, 0.1) is 6.07 Å². The number of rotatable bonds is 1. The largest absolute Gasteiger partial charge is 0.243 e. The molecule has 0 saturated carbocycles. The summed E-state index contributed by atoms with van der Waals surface area (Å²) in [5, 5.41) is 14.2. The molecule has 0 aliphatic carbocycles. The Morgan fingerprint density at radius 3 is 2.38 bits per heavy atom. The summed E-state index contributed by atoms with van der Waals surface area (Å²) in [5.41, 5.74) is 0.463. The molecule has 1 aromatic rings. The molecule has 2 rings (SSSR count). The summed E-state index contributed by atoms with van der Waals surface area (Å²) in [6.45, 7) is 0.896. The van der Waals surface area contributed by atoms with Gasteiger partial charge in [0.25, 0.3) is 0 Å². The number of hydrogen-bond donors (Lipinski definition) is 0. The number of halogens is 1. The van der Waals surface area contributed by atoms with Gasteiger partial charge in [-0.3, -0.25) is 0 Å². The molecule has 1 aliphatic rings. The molecule has 1 saturated heterocycles. The smallest absolute Gasteiger partial charge is 0.148 e. The average molecular weight is 236 g/mol. The molecule has 0 bridgehead atoms. The lowest BCUT2D eigenvalue weighted by atomic mass is 9.89. The first-order chi connectivity index (χ1) is 7.60. The van der Waals surface area contributed by atoms with Gasteiger partial charge in [-0.1, -0.05) is 23.7 Å². The first kappa shape index (κ1) is 11.4. The van der Waals surface area contributed by atoms with Crippen molar-refractivity contribution in [1.29, 1.82) is 5.26 Å². The van der Waals surface area contributed by atoms with Crippen molar-refractivity contribution < 1.29 is 0 Å². The van der Waals surface area contributed by atoms with Crippen LogP contribution in [0.15, 0.2) is 24.3 Å². The van der Waals surface area contributed by atoms with E-state index in [0.29, 0.717) is 5.02 Å². The van der Waals surface area contributed by atoms with Gasteiger partial charge in [-0.25, -0.2) is 10.0 Å². The van der Waals surface area contributed by atoms with Crippen LogP contribution in [0.2, 0.25) is 5.02 Å². The summed E-state index contributed by atoms with van der Waals surface area (Å²) < 4.78 is 0. The third-order valence-corrected chi connectivity index (χ3v) is 3.62. The Balaban J connectivity index is 2.44. The summed E-state index contributed by atoms with van der Waals surface area (Å²) in [6.07, 6.45) is 0.818. The Hall–Kier alpha value is -1.08. The van der Waals surface area contributed by atoms with Crippen LogP contribution in [0.5, 0.6) is 0 Å². The van der Waals surface area contributed by atoms with Gasteiger partial charge in [-0.15, -0.1) is 0 Å². The molecule has 0 amide bonds. The van der Waals surface area contributed by atoms with Crippen molar-refractivity contribution in [3.8, 4) is 6.07 Å². The first-order valence-electron chi connectivity index (χ1n) is 5.22. The lowest BCUT2D eigenvalue weighted by Crippen LogP contribution is -2.42. The summed E-state index contributed by atoms with van der Waals surface area (Å²) in [5.74, 6) is 0. The molecule has 1 aromatic carbocycles. The number of benzene rings is 1. The molecule has 16 heavy (non-hydrogen) atoms. The summed E-state index contributed by atoms with van der Waals surface area (Å²) in [6, 6.07) is 9.97. The van der Waals surface area contributed by atoms with E-state index in [4.69, 9.17) is 11.6 Å². The summed E-state index contributed by atoms with van der Waals surface area (Å²) >= 11 is 5.87. The Kier molecular flexibility index (Phi) is 2.90. The van der Waals surface area contributed by atoms with Gasteiger partial charge >= 0.3 is 0 Å². The van der Waals surface area contributed by atoms with Gasteiger partial charge in [0.2, 0.25) is 0 Å². The zero-order chi connectivity index (χ0) is 11.8. The quantitative estimate of drug-likeness (QED) is 0.748. The Morgan fingerprint density at radius 1 is 1.31 bits per heavy atom. The lowest BCUT2D eigenvalue weighted by Gasteiger charge is -2.32. The van der Waals surface area contributed by atoms with E-state index in [1.807, 2.05) is 43.4 Å². The standard InChI is InChI=1S/C12H14ClN3/c1-15-8-7-12(9-14,16(15)2)10-3-5-11(13)6-4-10/h3-6H,7-8H2,1-2H3. The molecule has 3 nitrogen and oxygen atoms in total. The van der Waals surface area contributed by atoms with Crippen molar-refractivity contribution in [2.24, 2.45) is 0 Å². The molecular formula is C12H14ClN3. The maximum absolute atomic E-state index is 9.48. The van der Waals surface area contributed by atoms with Gasteiger partial charge in [-0.2, -0.15) is 5.26 Å². The minimum Gasteiger partial charge on any atom is -0.243 e. The minimum atomic E-state index is -0.542. The molecule has 1 fully saturated rings. The van der Waals surface area contributed by atoms with Gasteiger partial charge in [0, 0.05) is 25.7 Å². The molecule has 0 N–H and O–H groups in total. The van der Waals surface area contributed by atoms with Crippen molar-refractivity contribution in [3.05, 3.63) is 34.9 Å². The fraction of sp³-hybridized carbons (Fsp3) is 0.417. The van der Waals surface area contributed by atoms with E-state index in [1.54, 1.807) is 0 Å². The van der Waals surface area contributed by atoms with Crippen LogP contribution in [0.25, 0.3) is 0 Å². The van der Waals surface area contributed by atoms with E-state index < -0.39 is 5.54 Å². The van der Waals surface area contributed by atoms with E-state index in [0.717, 1.165) is 18.5 Å². The van der Waals surface area contributed by atoms with Crippen molar-refractivity contribution in [2.75, 3.05) is 20.6 Å². The molecule has 1 unspecified atom stereocenters. The SMILES string of the molecule is CN1CCC(C#N)(c2ccc(Cl)cc2)N1C. The van der Waals surface area contributed by atoms with Crippen molar-refractivity contribution in [2.45, 2.75) is 12.0 Å². The second-order valence-corrected chi connectivity index (χ2v) is 4.57. The van der Waals surface area contributed by atoms with Crippen molar-refractivity contribution in [3.63, 3.8) is 0 Å². The maximum atomic E-state index is 9.48. The van der Waals surface area contributed by atoms with Crippen LogP contribution >= 0.6 is 11.6 Å². The molecule has 0 spiro atoms. The third kappa shape index (κ3) is 1.60. The number of hydrazine groups is 1. The van der Waals surface area contributed by atoms with Crippen LogP contribution < -0.4 is 0 Å². The van der Waals surface area contributed by atoms with Crippen LogP contribution in [-0.4, -0.2) is 30.7 Å². The van der Waals surface area contributed by atoms with Crippen LogP contribution in [-0.2, 0) is 5.54 Å². The van der Waals surface area contributed by atoms with Crippen molar-refractivity contribution in [1.82, 2.24) is 10.0 Å². The van der Waals surface area contributed by atoms with E-state index in [2.05, 4.69) is 11.1 Å². The average Bonchev–Trinajstić information content (AvgIpc) is 2.59. The molecule has 1 heterocycles. The zero-order valence-electron chi connectivity index (χ0n) is 9.44. The predicted octanol–water partition coefficient (Wildman–Crippen LogP) is 2.24. The molecule has 0 aromatic heterocycles. The molecular weight excluding hydrogens is 222 g/mol. The number of hydrogen-bond acceptors (Lipinski definition) is 3. The topological polar surface area (TPSA) is 30.3 Å². The monoisotopic (exact) mass is 235 g/mol.